The number of hydrogen-bond donors (Lipinski definition) is 0. The smallest absolute Gasteiger partial charge is 0.0462 e. The molecule has 0 amide bonds. The first-order chi connectivity index (χ1) is 13.2. The quantitative estimate of drug-likeness (QED) is 0.439. The fourth-order valence-corrected chi connectivity index (χ4v) is 5.05. The van der Waals surface area contributed by atoms with Crippen LogP contribution in [0.3, 0.4) is 0 Å². The van der Waals surface area contributed by atoms with Crippen molar-refractivity contribution in [3.63, 3.8) is 0 Å². The predicted molar refractivity (Wildman–Crippen MR) is 115 cm³/mol. The molecule has 0 radical (unpaired) electrons. The van der Waals surface area contributed by atoms with E-state index in [1.807, 2.05) is 18.2 Å². The molecule has 0 saturated heterocycles. The van der Waals surface area contributed by atoms with E-state index in [1.165, 1.54) is 33.4 Å². The zero-order chi connectivity index (χ0) is 18.4. The van der Waals surface area contributed by atoms with E-state index in [0.717, 1.165) is 28.5 Å². The lowest BCUT2D eigenvalue weighted by atomic mass is 9.80. The van der Waals surface area contributed by atoms with Crippen LogP contribution < -0.4 is 0 Å². The molecule has 2 aliphatic rings. The lowest BCUT2D eigenvalue weighted by Gasteiger charge is -2.25. The van der Waals surface area contributed by atoms with Crippen molar-refractivity contribution in [3.8, 4) is 0 Å². The highest BCUT2D eigenvalue weighted by Crippen LogP contribution is 2.51. The van der Waals surface area contributed by atoms with Crippen molar-refractivity contribution in [1.82, 2.24) is 0 Å². The first-order valence-corrected chi connectivity index (χ1v) is 10.00. The molecule has 0 aliphatic heterocycles. The molecule has 0 bridgehead atoms. The number of fused-ring (bicyclic) bond motifs is 2. The summed E-state index contributed by atoms with van der Waals surface area (Å²) in [7, 11) is 0. The van der Waals surface area contributed by atoms with Crippen molar-refractivity contribution in [2.45, 2.75) is 18.8 Å². The van der Waals surface area contributed by atoms with Crippen LogP contribution in [0, 0.1) is 0 Å². The summed E-state index contributed by atoms with van der Waals surface area (Å²) in [6.07, 6.45) is 6.60. The first-order valence-electron chi connectivity index (χ1n) is 9.24. The highest BCUT2D eigenvalue weighted by molar-refractivity contribution is 6.36. The topological polar surface area (TPSA) is 0 Å². The lowest BCUT2D eigenvalue weighted by molar-refractivity contribution is 1.13. The van der Waals surface area contributed by atoms with Gasteiger partial charge in [-0.25, -0.2) is 0 Å². The molecule has 0 saturated carbocycles. The summed E-state index contributed by atoms with van der Waals surface area (Å²) in [5.41, 5.74) is 8.98. The Morgan fingerprint density at radius 2 is 1.07 bits per heavy atom. The second-order valence-electron chi connectivity index (χ2n) is 7.11. The molecule has 0 N–H and O–H groups in total. The van der Waals surface area contributed by atoms with Crippen LogP contribution in [-0.2, 0) is 12.8 Å². The third-order valence-corrected chi connectivity index (χ3v) is 6.31. The Labute approximate surface area is 169 Å². The molecule has 0 unspecified atom stereocenters. The van der Waals surface area contributed by atoms with Gasteiger partial charge in [-0.15, -0.1) is 0 Å². The van der Waals surface area contributed by atoms with Crippen molar-refractivity contribution >= 4 is 34.3 Å². The summed E-state index contributed by atoms with van der Waals surface area (Å²) in [5.74, 6) is 0.0403. The molecule has 132 valence electrons. The second-order valence-corrected chi connectivity index (χ2v) is 7.92. The molecule has 5 rings (SSSR count). The van der Waals surface area contributed by atoms with Crippen LogP contribution in [0.2, 0.25) is 10.0 Å². The van der Waals surface area contributed by atoms with E-state index in [9.17, 15) is 0 Å². The van der Waals surface area contributed by atoms with Crippen LogP contribution >= 0.6 is 23.2 Å². The zero-order valence-electron chi connectivity index (χ0n) is 14.8. The lowest BCUT2D eigenvalue weighted by Crippen LogP contribution is -2.06. The summed E-state index contributed by atoms with van der Waals surface area (Å²) in [6, 6.07) is 23.1. The van der Waals surface area contributed by atoms with E-state index in [-0.39, 0.29) is 5.92 Å². The third kappa shape index (κ3) is 2.76. The minimum atomic E-state index is 0.0403. The monoisotopic (exact) mass is 388 g/mol. The predicted octanol–water partition coefficient (Wildman–Crippen LogP) is 7.36. The van der Waals surface area contributed by atoms with Crippen molar-refractivity contribution in [1.29, 1.82) is 0 Å². The van der Waals surface area contributed by atoms with Crippen LogP contribution in [0.5, 0.6) is 0 Å². The van der Waals surface area contributed by atoms with E-state index >= 15 is 0 Å². The molecular weight excluding hydrogens is 371 g/mol. The second kappa shape index (κ2) is 6.71. The van der Waals surface area contributed by atoms with Crippen molar-refractivity contribution in [3.05, 3.63) is 117 Å². The zero-order valence-corrected chi connectivity index (χ0v) is 16.3. The fourth-order valence-electron chi connectivity index (χ4n) is 4.43. The Morgan fingerprint density at radius 3 is 1.59 bits per heavy atom. The molecule has 3 aromatic carbocycles. The Bertz CT molecular complexity index is 1020. The molecule has 2 heteroatoms. The Kier molecular flexibility index (Phi) is 4.19. The molecular formula is C25H18Cl2. The minimum Gasteiger partial charge on any atom is -0.0839 e. The minimum absolute atomic E-state index is 0.0403. The molecule has 0 spiro atoms. The van der Waals surface area contributed by atoms with Crippen LogP contribution in [0.1, 0.15) is 33.7 Å². The molecule has 2 aliphatic carbocycles. The summed E-state index contributed by atoms with van der Waals surface area (Å²) < 4.78 is 0. The highest BCUT2D eigenvalue weighted by Gasteiger charge is 2.32. The van der Waals surface area contributed by atoms with Gasteiger partial charge in [-0.05, 0) is 58.4 Å². The van der Waals surface area contributed by atoms with Gasteiger partial charge in [0, 0.05) is 21.5 Å². The molecule has 0 fully saturated rings. The van der Waals surface area contributed by atoms with Crippen LogP contribution in [-0.4, -0.2) is 0 Å². The third-order valence-electron chi connectivity index (χ3n) is 5.65. The molecule has 0 atom stereocenters. The number of benzene rings is 3. The van der Waals surface area contributed by atoms with Gasteiger partial charge in [0.05, 0.1) is 0 Å². The van der Waals surface area contributed by atoms with Gasteiger partial charge in [0.2, 0.25) is 0 Å². The van der Waals surface area contributed by atoms with Crippen LogP contribution in [0.15, 0.2) is 78.9 Å². The highest BCUT2D eigenvalue weighted by atomic mass is 35.5. The number of hydrogen-bond acceptors (Lipinski definition) is 0. The summed E-state index contributed by atoms with van der Waals surface area (Å²) >= 11 is 13.4. The Morgan fingerprint density at radius 1 is 0.593 bits per heavy atom. The van der Waals surface area contributed by atoms with Gasteiger partial charge in [-0.3, -0.25) is 0 Å². The first kappa shape index (κ1) is 16.9. The molecule has 0 heterocycles. The maximum absolute atomic E-state index is 6.70. The molecule has 27 heavy (non-hydrogen) atoms. The van der Waals surface area contributed by atoms with Gasteiger partial charge in [0.1, 0.15) is 0 Å². The van der Waals surface area contributed by atoms with E-state index in [2.05, 4.69) is 60.7 Å². The standard InChI is InChI=1S/C25H18Cl2/c26-22-10-5-11-23(27)25(22)24(20-14-12-16-6-1-3-8-18(16)20)21-15-13-17-7-2-4-9-19(17)21/h1-11,14-15,24H,12-13H2. The molecule has 0 nitrogen and oxygen atoms in total. The fraction of sp³-hybridized carbons (Fsp3) is 0.120. The average molecular weight is 389 g/mol. The van der Waals surface area contributed by atoms with Gasteiger partial charge in [-0.1, -0.05) is 90.0 Å². The average Bonchev–Trinajstić information content (AvgIpc) is 3.30. The van der Waals surface area contributed by atoms with E-state index < -0.39 is 0 Å². The van der Waals surface area contributed by atoms with E-state index in [0.29, 0.717) is 0 Å². The molecule has 0 aromatic heterocycles. The number of halogens is 2. The Hall–Kier alpha value is -2.28. The Balaban J connectivity index is 1.74. The van der Waals surface area contributed by atoms with Crippen molar-refractivity contribution < 1.29 is 0 Å². The van der Waals surface area contributed by atoms with Gasteiger partial charge in [0.15, 0.2) is 0 Å². The molecule has 3 aromatic rings. The maximum Gasteiger partial charge on any atom is 0.0462 e. The summed E-state index contributed by atoms with van der Waals surface area (Å²) in [4.78, 5) is 0. The summed E-state index contributed by atoms with van der Waals surface area (Å²) in [5, 5.41) is 1.45. The van der Waals surface area contributed by atoms with Gasteiger partial charge in [-0.2, -0.15) is 0 Å². The number of rotatable bonds is 3. The largest absolute Gasteiger partial charge is 0.0839 e. The van der Waals surface area contributed by atoms with E-state index in [1.54, 1.807) is 0 Å². The van der Waals surface area contributed by atoms with Crippen LogP contribution in [0.25, 0.3) is 11.1 Å². The van der Waals surface area contributed by atoms with Gasteiger partial charge < -0.3 is 0 Å². The van der Waals surface area contributed by atoms with E-state index in [4.69, 9.17) is 23.2 Å². The summed E-state index contributed by atoms with van der Waals surface area (Å²) in [6.45, 7) is 0. The van der Waals surface area contributed by atoms with Gasteiger partial charge >= 0.3 is 0 Å². The maximum atomic E-state index is 6.70. The SMILES string of the molecule is Clc1cccc(Cl)c1C(C1=CCc2ccccc21)C1=CCc2ccccc21. The van der Waals surface area contributed by atoms with Crippen LogP contribution in [0.4, 0.5) is 0 Å². The van der Waals surface area contributed by atoms with Crippen molar-refractivity contribution in [2.75, 3.05) is 0 Å². The van der Waals surface area contributed by atoms with Crippen molar-refractivity contribution in [2.24, 2.45) is 0 Å². The number of allylic oxidation sites excluding steroid dienone is 4. The normalized spacial score (nSPS) is 14.8. The van der Waals surface area contributed by atoms with Gasteiger partial charge in [0.25, 0.3) is 0 Å².